The minimum Gasteiger partial charge on any atom is -0.386 e. The van der Waals surface area contributed by atoms with E-state index < -0.39 is 6.10 Å². The number of nitrogens with zero attached hydrogens (tertiary/aromatic N) is 3. The first-order valence-electron chi connectivity index (χ1n) is 6.85. The van der Waals surface area contributed by atoms with Crippen LogP contribution in [0.15, 0.2) is 54.6 Å². The topological polar surface area (TPSA) is 50.9 Å². The van der Waals surface area contributed by atoms with Crippen LogP contribution in [0.3, 0.4) is 0 Å². The molecule has 1 saturated carbocycles. The Morgan fingerprint density at radius 3 is 2.00 bits per heavy atom. The summed E-state index contributed by atoms with van der Waals surface area (Å²) in [7, 11) is 0. The molecule has 1 aromatic heterocycles. The molecule has 0 spiro atoms. The molecule has 1 N–H and O–H groups in total. The van der Waals surface area contributed by atoms with Gasteiger partial charge in [0.1, 0.15) is 22.7 Å². The molecule has 4 nitrogen and oxygen atoms in total. The second-order valence-electron chi connectivity index (χ2n) is 5.39. The summed E-state index contributed by atoms with van der Waals surface area (Å²) in [5.41, 5.74) is 2.30. The summed E-state index contributed by atoms with van der Waals surface area (Å²) in [5.74, 6) is 0. The van der Waals surface area contributed by atoms with E-state index in [2.05, 4.69) is 10.2 Å². The number of hydrogen-bond acceptors (Lipinski definition) is 3. The highest BCUT2D eigenvalue weighted by Crippen LogP contribution is 2.52. The molecule has 0 saturated heterocycles. The summed E-state index contributed by atoms with van der Waals surface area (Å²) in [5, 5.41) is 19.8. The molecule has 0 amide bonds. The van der Waals surface area contributed by atoms with Gasteiger partial charge in [0.05, 0.1) is 0 Å². The summed E-state index contributed by atoms with van der Waals surface area (Å²) < 4.78 is 0. The molecule has 4 heteroatoms. The normalized spacial score (nSPS) is 18.1. The van der Waals surface area contributed by atoms with Crippen molar-refractivity contribution in [2.45, 2.75) is 24.5 Å². The van der Waals surface area contributed by atoms with Gasteiger partial charge in [-0.25, -0.2) is 0 Å². The molecule has 0 bridgehead atoms. The molecule has 1 aliphatic carbocycles. The van der Waals surface area contributed by atoms with Crippen molar-refractivity contribution in [3.8, 4) is 0 Å². The predicted octanol–water partition coefficient (Wildman–Crippen LogP) is 2.65. The van der Waals surface area contributed by atoms with Gasteiger partial charge in [0.25, 0.3) is 0 Å². The van der Waals surface area contributed by atoms with E-state index in [4.69, 9.17) is 0 Å². The van der Waals surface area contributed by atoms with Crippen molar-refractivity contribution in [3.05, 3.63) is 60.2 Å². The van der Waals surface area contributed by atoms with Crippen LogP contribution in [-0.4, -0.2) is 20.1 Å². The molecule has 1 fully saturated rings. The van der Waals surface area contributed by atoms with Crippen molar-refractivity contribution in [3.63, 3.8) is 0 Å². The average molecular weight is 265 g/mol. The maximum atomic E-state index is 10.7. The lowest BCUT2D eigenvalue weighted by atomic mass is 10.0. The van der Waals surface area contributed by atoms with Gasteiger partial charge >= 0.3 is 0 Å². The SMILES string of the molecule is OC(c1ccccc1)C1(n2nc3ccccc3n2)CC1. The van der Waals surface area contributed by atoms with E-state index in [1.54, 1.807) is 4.80 Å². The van der Waals surface area contributed by atoms with Crippen LogP contribution in [0.2, 0.25) is 0 Å². The second-order valence-corrected chi connectivity index (χ2v) is 5.39. The van der Waals surface area contributed by atoms with Gasteiger partial charge in [0.2, 0.25) is 0 Å². The average Bonchev–Trinajstić information content (AvgIpc) is 3.20. The standard InChI is InChI=1S/C16H15N3O/c20-15(12-6-2-1-3-7-12)16(10-11-16)19-17-13-8-4-5-9-14(13)18-19/h1-9,15,20H,10-11H2. The Labute approximate surface area is 116 Å². The van der Waals surface area contributed by atoms with Gasteiger partial charge in [-0.1, -0.05) is 42.5 Å². The van der Waals surface area contributed by atoms with E-state index in [0.29, 0.717) is 0 Å². The largest absolute Gasteiger partial charge is 0.386 e. The van der Waals surface area contributed by atoms with Crippen LogP contribution in [0.25, 0.3) is 11.0 Å². The van der Waals surface area contributed by atoms with E-state index in [9.17, 15) is 5.11 Å². The lowest BCUT2D eigenvalue weighted by Gasteiger charge is -2.21. The fourth-order valence-electron chi connectivity index (χ4n) is 2.72. The van der Waals surface area contributed by atoms with Crippen LogP contribution in [0.4, 0.5) is 0 Å². The van der Waals surface area contributed by atoms with Crippen LogP contribution in [0.1, 0.15) is 24.5 Å². The first kappa shape index (κ1) is 11.6. The van der Waals surface area contributed by atoms with Crippen LogP contribution in [0, 0.1) is 0 Å². The number of benzene rings is 2. The molecular weight excluding hydrogens is 250 g/mol. The molecule has 1 unspecified atom stereocenters. The molecule has 4 rings (SSSR count). The van der Waals surface area contributed by atoms with E-state index in [-0.39, 0.29) is 5.54 Å². The Kier molecular flexibility index (Phi) is 2.41. The number of aliphatic hydroxyl groups is 1. The highest BCUT2D eigenvalue weighted by molar-refractivity contribution is 5.73. The maximum Gasteiger partial charge on any atom is 0.113 e. The van der Waals surface area contributed by atoms with Gasteiger partial charge in [-0.2, -0.15) is 15.0 Å². The minimum atomic E-state index is -0.564. The molecule has 0 radical (unpaired) electrons. The summed E-state index contributed by atoms with van der Waals surface area (Å²) >= 11 is 0. The van der Waals surface area contributed by atoms with Crippen molar-refractivity contribution < 1.29 is 5.11 Å². The van der Waals surface area contributed by atoms with Gasteiger partial charge in [0.15, 0.2) is 0 Å². The monoisotopic (exact) mass is 265 g/mol. The molecular formula is C16H15N3O. The smallest absolute Gasteiger partial charge is 0.113 e. The fraction of sp³-hybridized carbons (Fsp3) is 0.250. The molecule has 1 atom stereocenters. The lowest BCUT2D eigenvalue weighted by molar-refractivity contribution is 0.0821. The van der Waals surface area contributed by atoms with E-state index in [1.165, 1.54) is 0 Å². The Bertz CT molecular complexity index is 714. The summed E-state index contributed by atoms with van der Waals surface area (Å²) in [6.45, 7) is 0. The lowest BCUT2D eigenvalue weighted by Crippen LogP contribution is -2.28. The first-order valence-corrected chi connectivity index (χ1v) is 6.85. The van der Waals surface area contributed by atoms with Crippen molar-refractivity contribution in [2.24, 2.45) is 0 Å². The highest BCUT2D eigenvalue weighted by Gasteiger charge is 2.53. The van der Waals surface area contributed by atoms with Crippen LogP contribution >= 0.6 is 0 Å². The maximum absolute atomic E-state index is 10.7. The Balaban J connectivity index is 1.77. The molecule has 3 aromatic rings. The third kappa shape index (κ3) is 1.65. The molecule has 20 heavy (non-hydrogen) atoms. The molecule has 0 aliphatic heterocycles. The molecule has 2 aromatic carbocycles. The quantitative estimate of drug-likeness (QED) is 0.792. The number of aromatic nitrogens is 3. The summed E-state index contributed by atoms with van der Waals surface area (Å²) in [6, 6.07) is 17.6. The van der Waals surface area contributed by atoms with Crippen molar-refractivity contribution >= 4 is 11.0 Å². The van der Waals surface area contributed by atoms with E-state index in [0.717, 1.165) is 29.4 Å². The number of fused-ring (bicyclic) bond motifs is 1. The third-order valence-corrected chi connectivity index (χ3v) is 4.07. The van der Waals surface area contributed by atoms with Gasteiger partial charge < -0.3 is 5.11 Å². The van der Waals surface area contributed by atoms with Crippen molar-refractivity contribution in [1.29, 1.82) is 0 Å². The molecule has 100 valence electrons. The first-order chi connectivity index (χ1) is 9.79. The van der Waals surface area contributed by atoms with Crippen molar-refractivity contribution in [1.82, 2.24) is 15.0 Å². The van der Waals surface area contributed by atoms with Gasteiger partial charge in [-0.3, -0.25) is 0 Å². The zero-order chi connectivity index (χ0) is 13.6. The van der Waals surface area contributed by atoms with Crippen molar-refractivity contribution in [2.75, 3.05) is 0 Å². The van der Waals surface area contributed by atoms with Crippen LogP contribution in [0.5, 0.6) is 0 Å². The Morgan fingerprint density at radius 2 is 1.45 bits per heavy atom. The summed E-state index contributed by atoms with van der Waals surface area (Å²) in [4.78, 5) is 1.72. The van der Waals surface area contributed by atoms with Gasteiger partial charge in [-0.05, 0) is 30.5 Å². The Hall–Kier alpha value is -2.20. The van der Waals surface area contributed by atoms with Gasteiger partial charge in [-0.15, -0.1) is 0 Å². The molecule has 1 heterocycles. The van der Waals surface area contributed by atoms with Crippen LogP contribution < -0.4 is 0 Å². The number of rotatable bonds is 3. The number of hydrogen-bond donors (Lipinski definition) is 1. The van der Waals surface area contributed by atoms with E-state index in [1.807, 2.05) is 54.6 Å². The second kappa shape index (κ2) is 4.15. The predicted molar refractivity (Wildman–Crippen MR) is 76.1 cm³/mol. The van der Waals surface area contributed by atoms with E-state index >= 15 is 0 Å². The fourth-order valence-corrected chi connectivity index (χ4v) is 2.72. The van der Waals surface area contributed by atoms with Gasteiger partial charge in [0, 0.05) is 0 Å². The minimum absolute atomic E-state index is 0.375. The molecule has 1 aliphatic rings. The van der Waals surface area contributed by atoms with Crippen LogP contribution in [-0.2, 0) is 5.54 Å². The highest BCUT2D eigenvalue weighted by atomic mass is 16.3. The third-order valence-electron chi connectivity index (χ3n) is 4.07. The number of aliphatic hydroxyl groups excluding tert-OH is 1. The summed E-state index contributed by atoms with van der Waals surface area (Å²) in [6.07, 6.45) is 1.25. The zero-order valence-corrected chi connectivity index (χ0v) is 11.0. The zero-order valence-electron chi connectivity index (χ0n) is 11.0. The Morgan fingerprint density at radius 1 is 0.900 bits per heavy atom.